The Hall–Kier alpha value is -3.05. The van der Waals surface area contributed by atoms with Crippen LogP contribution in [0.25, 0.3) is 0 Å². The monoisotopic (exact) mass is 633 g/mol. The molecule has 1 unspecified atom stereocenters. The number of aliphatic hydroxyl groups excluding tert-OH is 1. The van der Waals surface area contributed by atoms with E-state index in [0.717, 1.165) is 31.2 Å². The molecule has 3 amide bonds. The van der Waals surface area contributed by atoms with Crippen LogP contribution in [0.15, 0.2) is 18.2 Å². The number of unbranched alkanes of at least 4 members (excludes halogenated alkanes) is 1. The summed E-state index contributed by atoms with van der Waals surface area (Å²) in [6.07, 6.45) is 3.95. The van der Waals surface area contributed by atoms with Crippen molar-refractivity contribution < 1.29 is 38.4 Å². The predicted octanol–water partition coefficient (Wildman–Crippen LogP) is 4.39. The summed E-state index contributed by atoms with van der Waals surface area (Å²) in [7, 11) is 3.28. The Bertz CT molecular complexity index is 1120. The fourth-order valence-electron chi connectivity index (χ4n) is 5.68. The van der Waals surface area contributed by atoms with Gasteiger partial charge in [-0.1, -0.05) is 13.8 Å². The summed E-state index contributed by atoms with van der Waals surface area (Å²) in [4.78, 5) is 44.3. The van der Waals surface area contributed by atoms with E-state index in [1.807, 2.05) is 36.9 Å². The molecule has 45 heavy (non-hydrogen) atoms. The predicted molar refractivity (Wildman–Crippen MR) is 171 cm³/mol. The molecular weight excluding hydrogens is 578 g/mol. The molecular formula is C34H55N3O8. The second-order valence-electron chi connectivity index (χ2n) is 13.8. The van der Waals surface area contributed by atoms with Gasteiger partial charge in [0.15, 0.2) is 0 Å². The lowest BCUT2D eigenvalue weighted by Crippen LogP contribution is -2.54. The van der Waals surface area contributed by atoms with E-state index in [4.69, 9.17) is 18.9 Å². The molecule has 3 atom stereocenters. The molecule has 1 aliphatic carbocycles. The number of carbonyl (C=O) groups is 3. The minimum absolute atomic E-state index is 0.0886. The van der Waals surface area contributed by atoms with E-state index in [1.165, 1.54) is 4.90 Å². The van der Waals surface area contributed by atoms with Gasteiger partial charge in [0.2, 0.25) is 11.8 Å². The van der Waals surface area contributed by atoms with Crippen LogP contribution in [0.3, 0.4) is 0 Å². The van der Waals surface area contributed by atoms with Crippen LogP contribution >= 0.6 is 0 Å². The van der Waals surface area contributed by atoms with E-state index >= 15 is 0 Å². The fourth-order valence-corrected chi connectivity index (χ4v) is 5.68. The van der Waals surface area contributed by atoms with Crippen LogP contribution in [0, 0.1) is 17.8 Å². The van der Waals surface area contributed by atoms with Gasteiger partial charge in [0.05, 0.1) is 38.2 Å². The Morgan fingerprint density at radius 3 is 2.29 bits per heavy atom. The van der Waals surface area contributed by atoms with Crippen molar-refractivity contribution in [2.24, 2.45) is 17.8 Å². The van der Waals surface area contributed by atoms with Gasteiger partial charge in [-0.3, -0.25) is 9.59 Å². The summed E-state index contributed by atoms with van der Waals surface area (Å²) in [5.41, 5.74) is 0.163. The van der Waals surface area contributed by atoms with E-state index in [0.29, 0.717) is 44.1 Å². The van der Waals surface area contributed by atoms with Gasteiger partial charge in [-0.2, -0.15) is 0 Å². The zero-order valence-electron chi connectivity index (χ0n) is 28.3. The van der Waals surface area contributed by atoms with Gasteiger partial charge >= 0.3 is 6.09 Å². The number of amides is 3. The van der Waals surface area contributed by atoms with E-state index in [9.17, 15) is 19.5 Å². The van der Waals surface area contributed by atoms with Gasteiger partial charge in [-0.05, 0) is 82.9 Å². The van der Waals surface area contributed by atoms with Crippen LogP contribution in [0.1, 0.15) is 78.7 Å². The molecule has 3 rings (SSSR count). The third kappa shape index (κ3) is 12.0. The Kier molecular flexibility index (Phi) is 13.8. The number of hydrogen-bond donors (Lipinski definition) is 2. The molecule has 2 N–H and O–H groups in total. The van der Waals surface area contributed by atoms with E-state index in [-0.39, 0.29) is 43.5 Å². The largest absolute Gasteiger partial charge is 0.497 e. The first-order valence-electron chi connectivity index (χ1n) is 16.3. The number of methoxy groups -OCH3 is 2. The lowest BCUT2D eigenvalue weighted by molar-refractivity contribution is -0.140. The summed E-state index contributed by atoms with van der Waals surface area (Å²) in [5.74, 6) is 0.0582. The quantitative estimate of drug-likeness (QED) is 0.257. The molecule has 0 spiro atoms. The van der Waals surface area contributed by atoms with Crippen LogP contribution in [0.2, 0.25) is 0 Å². The van der Waals surface area contributed by atoms with Crippen molar-refractivity contribution in [1.29, 1.82) is 0 Å². The number of piperidine rings is 1. The van der Waals surface area contributed by atoms with Crippen LogP contribution in [-0.4, -0.2) is 97.6 Å². The topological polar surface area (TPSA) is 127 Å². The zero-order chi connectivity index (χ0) is 33.1. The molecule has 1 aliphatic heterocycles. The van der Waals surface area contributed by atoms with Gasteiger partial charge < -0.3 is 39.2 Å². The van der Waals surface area contributed by atoms with Crippen molar-refractivity contribution in [2.45, 2.75) is 97.4 Å². The number of rotatable bonds is 16. The second-order valence-corrected chi connectivity index (χ2v) is 13.8. The maximum absolute atomic E-state index is 14.2. The summed E-state index contributed by atoms with van der Waals surface area (Å²) in [6, 6.07) is 5.39. The van der Waals surface area contributed by atoms with E-state index in [2.05, 4.69) is 5.32 Å². The average molecular weight is 634 g/mol. The van der Waals surface area contributed by atoms with Crippen molar-refractivity contribution >= 4 is 17.9 Å². The van der Waals surface area contributed by atoms with Crippen LogP contribution in [0.5, 0.6) is 11.5 Å². The van der Waals surface area contributed by atoms with Crippen molar-refractivity contribution in [3.05, 3.63) is 23.8 Å². The molecule has 0 bridgehead atoms. The smallest absolute Gasteiger partial charge is 0.410 e. The Morgan fingerprint density at radius 1 is 1.02 bits per heavy atom. The van der Waals surface area contributed by atoms with E-state index < -0.39 is 29.6 Å². The summed E-state index contributed by atoms with van der Waals surface area (Å²) in [6.45, 7) is 11.2. The van der Waals surface area contributed by atoms with Crippen molar-refractivity contribution in [3.63, 3.8) is 0 Å². The first-order valence-corrected chi connectivity index (χ1v) is 16.3. The Labute approximate surface area is 268 Å². The highest BCUT2D eigenvalue weighted by molar-refractivity contribution is 5.84. The number of carbonyl (C=O) groups excluding carboxylic acids is 3. The first kappa shape index (κ1) is 36.4. The van der Waals surface area contributed by atoms with Gasteiger partial charge in [0, 0.05) is 45.5 Å². The second kappa shape index (κ2) is 17.0. The molecule has 0 aromatic heterocycles. The highest BCUT2D eigenvalue weighted by atomic mass is 16.6. The van der Waals surface area contributed by atoms with Crippen molar-refractivity contribution in [1.82, 2.24) is 15.1 Å². The summed E-state index contributed by atoms with van der Waals surface area (Å²) in [5, 5.41) is 12.8. The number of nitrogens with zero attached hydrogens (tertiary/aromatic N) is 2. The molecule has 11 nitrogen and oxygen atoms in total. The molecule has 254 valence electrons. The molecule has 2 aliphatic rings. The highest BCUT2D eigenvalue weighted by Gasteiger charge is 2.43. The zero-order valence-corrected chi connectivity index (χ0v) is 28.3. The standard InChI is InChI=1S/C34H55N3O8/c1-23(2)14-27(22-38)35-31(39)25-17-26(21-36(20-25)33(41)45-34(3,4)5)32(40)37(28-10-11-28)19-24-15-29(43-7)18-30(16-24)44-13-9-8-12-42-6/h15-16,18,23,25-28,38H,8-14,17,19-22H2,1-7H3,(H,35,39)/t25-,26+,27?/m0/s1. The number of likely N-dealkylation sites (tertiary alicyclic amines) is 1. The van der Waals surface area contributed by atoms with Gasteiger partial charge in [0.25, 0.3) is 0 Å². The van der Waals surface area contributed by atoms with Crippen LogP contribution < -0.4 is 14.8 Å². The Morgan fingerprint density at radius 2 is 1.69 bits per heavy atom. The number of hydrogen-bond acceptors (Lipinski definition) is 8. The van der Waals surface area contributed by atoms with Gasteiger partial charge in [-0.15, -0.1) is 0 Å². The van der Waals surface area contributed by atoms with Crippen LogP contribution in [0.4, 0.5) is 4.79 Å². The average Bonchev–Trinajstić information content (AvgIpc) is 3.83. The lowest BCUT2D eigenvalue weighted by Gasteiger charge is -2.39. The first-order chi connectivity index (χ1) is 21.3. The lowest BCUT2D eigenvalue weighted by atomic mass is 9.87. The summed E-state index contributed by atoms with van der Waals surface area (Å²) >= 11 is 0. The summed E-state index contributed by atoms with van der Waals surface area (Å²) < 4.78 is 22.3. The minimum atomic E-state index is -0.721. The normalized spacial score (nSPS) is 19.2. The highest BCUT2D eigenvalue weighted by Crippen LogP contribution is 2.34. The molecule has 1 heterocycles. The third-order valence-electron chi connectivity index (χ3n) is 7.96. The Balaban J connectivity index is 1.80. The van der Waals surface area contributed by atoms with E-state index in [1.54, 1.807) is 35.0 Å². The number of aliphatic hydroxyl groups is 1. The molecule has 11 heteroatoms. The maximum atomic E-state index is 14.2. The molecule has 1 saturated carbocycles. The number of ether oxygens (including phenoxy) is 4. The fraction of sp³-hybridized carbons (Fsp3) is 0.735. The molecule has 1 aromatic carbocycles. The number of benzene rings is 1. The van der Waals surface area contributed by atoms with Crippen LogP contribution in [-0.2, 0) is 25.6 Å². The molecule has 2 fully saturated rings. The maximum Gasteiger partial charge on any atom is 0.410 e. The van der Waals surface area contributed by atoms with Crippen molar-refractivity contribution in [3.8, 4) is 11.5 Å². The van der Waals surface area contributed by atoms with Gasteiger partial charge in [-0.25, -0.2) is 4.79 Å². The molecule has 1 saturated heterocycles. The minimum Gasteiger partial charge on any atom is -0.497 e. The SMILES string of the molecule is COCCCCOc1cc(CN(C(=O)[C@@H]2C[C@H](C(=O)NC(CO)CC(C)C)CN(C(=O)OC(C)(C)C)C2)C2CC2)cc(OC)c1. The van der Waals surface area contributed by atoms with Gasteiger partial charge in [0.1, 0.15) is 17.1 Å². The molecule has 1 aromatic rings. The molecule has 0 radical (unpaired) electrons. The third-order valence-corrected chi connectivity index (χ3v) is 7.96. The number of nitrogens with one attached hydrogen (secondary N) is 1. The van der Waals surface area contributed by atoms with Crippen molar-refractivity contribution in [2.75, 3.05) is 47.1 Å².